The number of hydrogen-bond acceptors (Lipinski definition) is 5. The third kappa shape index (κ3) is 5.70. The molecule has 2 N–H and O–H groups in total. The van der Waals surface area contributed by atoms with E-state index in [1.54, 1.807) is 34.9 Å². The number of carbonyl (C=O) groups excluding carboxylic acids is 2. The molecule has 172 valence electrons. The summed E-state index contributed by atoms with van der Waals surface area (Å²) in [6.45, 7) is 5.91. The molecule has 0 fully saturated rings. The Morgan fingerprint density at radius 2 is 1.91 bits per heavy atom. The third-order valence-corrected chi connectivity index (χ3v) is 7.49. The number of benzene rings is 2. The van der Waals surface area contributed by atoms with Crippen LogP contribution in [0.1, 0.15) is 32.8 Å². The molecule has 1 atom stereocenters. The molecule has 0 radical (unpaired) electrons. The number of nitrogens with one attached hydrogen (secondary N) is 2. The van der Waals surface area contributed by atoms with E-state index in [0.29, 0.717) is 25.1 Å². The van der Waals surface area contributed by atoms with Gasteiger partial charge < -0.3 is 10.2 Å². The van der Waals surface area contributed by atoms with E-state index < -0.39 is 22.0 Å². The smallest absolute Gasteiger partial charge is 0.242 e. The number of fused-ring (bicyclic) bond motifs is 1. The van der Waals surface area contributed by atoms with Crippen molar-refractivity contribution in [3.05, 3.63) is 48.0 Å². The highest BCUT2D eigenvalue weighted by Crippen LogP contribution is 2.30. The van der Waals surface area contributed by atoms with Gasteiger partial charge in [0.1, 0.15) is 6.04 Å². The summed E-state index contributed by atoms with van der Waals surface area (Å²) in [5.41, 5.74) is 2.17. The highest BCUT2D eigenvalue weighted by Gasteiger charge is 2.29. The van der Waals surface area contributed by atoms with Gasteiger partial charge in [-0.2, -0.15) is 4.72 Å². The second kappa shape index (κ2) is 10.1. The number of hydrogen-bond donors (Lipinski definition) is 2. The second-order valence-corrected chi connectivity index (χ2v) is 10.8. The Hall–Kier alpha value is -2.36. The van der Waals surface area contributed by atoms with E-state index in [-0.39, 0.29) is 16.7 Å². The Balaban J connectivity index is 1.81. The molecule has 1 aliphatic heterocycles. The van der Waals surface area contributed by atoms with Crippen LogP contribution in [0, 0.1) is 5.92 Å². The van der Waals surface area contributed by atoms with Crippen molar-refractivity contribution in [3.63, 3.8) is 0 Å². The average molecular weight is 476 g/mol. The lowest BCUT2D eigenvalue weighted by atomic mass is 10.0. The summed E-state index contributed by atoms with van der Waals surface area (Å²) in [7, 11) is -3.93. The van der Waals surface area contributed by atoms with E-state index >= 15 is 0 Å². The summed E-state index contributed by atoms with van der Waals surface area (Å²) in [6, 6.07) is 11.2. The van der Waals surface area contributed by atoms with Gasteiger partial charge in [-0.05, 0) is 67.0 Å². The van der Waals surface area contributed by atoms with E-state index in [0.717, 1.165) is 16.1 Å². The van der Waals surface area contributed by atoms with E-state index in [1.165, 1.54) is 13.0 Å². The predicted molar refractivity (Wildman–Crippen MR) is 129 cm³/mol. The van der Waals surface area contributed by atoms with E-state index in [1.807, 2.05) is 38.3 Å². The van der Waals surface area contributed by atoms with Crippen molar-refractivity contribution in [2.45, 2.75) is 49.4 Å². The fraction of sp³-hybridized carbons (Fsp3) is 0.391. The van der Waals surface area contributed by atoms with E-state index in [2.05, 4.69) is 10.0 Å². The summed E-state index contributed by atoms with van der Waals surface area (Å²) in [4.78, 5) is 27.5. The first-order valence-electron chi connectivity index (χ1n) is 10.5. The maximum Gasteiger partial charge on any atom is 0.242 e. The molecule has 2 amide bonds. The standard InChI is InChI=1S/C23H29N3O4S2/c1-15(2)12-21(23(28)24-18-6-5-7-19(14-18)31-4)25-32(29,30)20-8-9-22-17(13-20)10-11-26(22)16(3)27/h5-9,13-15,21,25H,10-12H2,1-4H3,(H,24,28). The molecule has 0 spiro atoms. The van der Waals surface area contributed by atoms with Crippen LogP contribution in [0.3, 0.4) is 0 Å². The van der Waals surface area contributed by atoms with Crippen LogP contribution in [0.2, 0.25) is 0 Å². The maximum atomic E-state index is 13.1. The molecule has 0 saturated carbocycles. The highest BCUT2D eigenvalue weighted by atomic mass is 32.2. The van der Waals surface area contributed by atoms with Crippen LogP contribution in [0.4, 0.5) is 11.4 Å². The Labute approximate surface area is 194 Å². The first kappa shape index (κ1) is 24.3. The third-order valence-electron chi connectivity index (χ3n) is 5.30. The Kier molecular flexibility index (Phi) is 7.63. The van der Waals surface area contributed by atoms with Gasteiger partial charge in [-0.3, -0.25) is 9.59 Å². The quantitative estimate of drug-likeness (QED) is 0.568. The van der Waals surface area contributed by atoms with Crippen LogP contribution < -0.4 is 14.9 Å². The lowest BCUT2D eigenvalue weighted by molar-refractivity contribution is -0.118. The van der Waals surface area contributed by atoms with Crippen molar-refractivity contribution in [2.24, 2.45) is 5.92 Å². The Morgan fingerprint density at radius 1 is 1.16 bits per heavy atom. The summed E-state index contributed by atoms with van der Waals surface area (Å²) >= 11 is 1.56. The van der Waals surface area contributed by atoms with Crippen molar-refractivity contribution in [2.75, 3.05) is 23.0 Å². The summed E-state index contributed by atoms with van der Waals surface area (Å²) in [6.07, 6.45) is 2.90. The minimum atomic E-state index is -3.93. The Morgan fingerprint density at radius 3 is 2.56 bits per heavy atom. The number of rotatable bonds is 8. The highest BCUT2D eigenvalue weighted by molar-refractivity contribution is 7.98. The van der Waals surface area contributed by atoms with Gasteiger partial charge in [-0.25, -0.2) is 8.42 Å². The number of nitrogens with zero attached hydrogens (tertiary/aromatic N) is 1. The van der Waals surface area contributed by atoms with Crippen LogP contribution >= 0.6 is 11.8 Å². The van der Waals surface area contributed by atoms with Crippen molar-refractivity contribution >= 4 is 45.0 Å². The summed E-state index contributed by atoms with van der Waals surface area (Å²) < 4.78 is 28.8. The lowest BCUT2D eigenvalue weighted by Crippen LogP contribution is -2.44. The van der Waals surface area contributed by atoms with Crippen molar-refractivity contribution in [3.8, 4) is 0 Å². The minimum absolute atomic E-state index is 0.0725. The maximum absolute atomic E-state index is 13.1. The number of carbonyl (C=O) groups is 2. The molecule has 1 unspecified atom stereocenters. The Bertz CT molecular complexity index is 1120. The molecule has 9 heteroatoms. The molecule has 1 heterocycles. The molecule has 2 aromatic rings. The fourth-order valence-corrected chi connectivity index (χ4v) is 5.46. The molecule has 1 aliphatic rings. The number of thioether (sulfide) groups is 1. The van der Waals surface area contributed by atoms with Gasteiger partial charge in [0.2, 0.25) is 21.8 Å². The molecule has 3 rings (SSSR count). The van der Waals surface area contributed by atoms with Crippen LogP contribution in [-0.4, -0.2) is 39.1 Å². The number of amides is 2. The van der Waals surface area contributed by atoms with Crippen LogP contribution in [0.5, 0.6) is 0 Å². The van der Waals surface area contributed by atoms with Gasteiger partial charge in [0.25, 0.3) is 0 Å². The fourth-order valence-electron chi connectivity index (χ4n) is 3.74. The summed E-state index contributed by atoms with van der Waals surface area (Å²) in [5.74, 6) is -0.365. The van der Waals surface area contributed by atoms with Gasteiger partial charge in [-0.15, -0.1) is 11.8 Å². The van der Waals surface area contributed by atoms with Gasteiger partial charge in [0, 0.05) is 29.7 Å². The molecular weight excluding hydrogens is 446 g/mol. The zero-order valence-corrected chi connectivity index (χ0v) is 20.3. The normalized spacial score (nSPS) is 14.3. The van der Waals surface area contributed by atoms with E-state index in [4.69, 9.17) is 0 Å². The predicted octanol–water partition coefficient (Wildman–Crippen LogP) is 3.65. The molecule has 0 aromatic heterocycles. The van der Waals surface area contributed by atoms with Crippen molar-refractivity contribution < 1.29 is 18.0 Å². The van der Waals surface area contributed by atoms with Crippen LogP contribution in [-0.2, 0) is 26.0 Å². The molecular formula is C23H29N3O4S2. The first-order valence-corrected chi connectivity index (χ1v) is 13.2. The monoisotopic (exact) mass is 475 g/mol. The van der Waals surface area contributed by atoms with Crippen molar-refractivity contribution in [1.29, 1.82) is 0 Å². The molecule has 0 bridgehead atoms. The number of anilines is 2. The average Bonchev–Trinajstić information content (AvgIpc) is 3.16. The molecule has 0 saturated heterocycles. The van der Waals surface area contributed by atoms with Gasteiger partial charge in [0.05, 0.1) is 4.90 Å². The van der Waals surface area contributed by atoms with Gasteiger partial charge >= 0.3 is 0 Å². The van der Waals surface area contributed by atoms with Crippen LogP contribution in [0.15, 0.2) is 52.3 Å². The zero-order valence-electron chi connectivity index (χ0n) is 18.7. The van der Waals surface area contributed by atoms with Gasteiger partial charge in [-0.1, -0.05) is 19.9 Å². The molecule has 32 heavy (non-hydrogen) atoms. The topological polar surface area (TPSA) is 95.6 Å². The minimum Gasteiger partial charge on any atom is -0.325 e. The summed E-state index contributed by atoms with van der Waals surface area (Å²) in [5, 5.41) is 2.83. The largest absolute Gasteiger partial charge is 0.325 e. The SMILES string of the molecule is CSc1cccc(NC(=O)C(CC(C)C)NS(=O)(=O)c2ccc3c(c2)CCN3C(C)=O)c1. The van der Waals surface area contributed by atoms with Gasteiger partial charge in [0.15, 0.2) is 0 Å². The molecule has 0 aliphatic carbocycles. The van der Waals surface area contributed by atoms with Crippen molar-refractivity contribution in [1.82, 2.24) is 4.72 Å². The molecule has 2 aromatic carbocycles. The molecule has 7 nitrogen and oxygen atoms in total. The second-order valence-electron chi connectivity index (χ2n) is 8.24. The zero-order chi connectivity index (χ0) is 23.5. The van der Waals surface area contributed by atoms with E-state index in [9.17, 15) is 18.0 Å². The van der Waals surface area contributed by atoms with Crippen LogP contribution in [0.25, 0.3) is 0 Å². The number of sulfonamides is 1. The first-order chi connectivity index (χ1) is 15.1. The lowest BCUT2D eigenvalue weighted by Gasteiger charge is -2.21.